The van der Waals surface area contributed by atoms with Crippen LogP contribution < -0.4 is 0 Å². The summed E-state index contributed by atoms with van der Waals surface area (Å²) in [5, 5.41) is 30.4. The van der Waals surface area contributed by atoms with E-state index in [2.05, 4.69) is 0 Å². The molecule has 0 saturated heterocycles. The van der Waals surface area contributed by atoms with E-state index in [4.69, 9.17) is 4.74 Å². The van der Waals surface area contributed by atoms with Crippen molar-refractivity contribution in [3.05, 3.63) is 0 Å². The van der Waals surface area contributed by atoms with Gasteiger partial charge in [0.1, 0.15) is 11.9 Å². The summed E-state index contributed by atoms with van der Waals surface area (Å²) in [7, 11) is 0. The molecule has 0 radical (unpaired) electrons. The number of rotatable bonds is 13. The zero-order valence-electron chi connectivity index (χ0n) is 18.8. The maximum Gasteiger partial charge on any atom is 0.308 e. The second kappa shape index (κ2) is 12.6. The van der Waals surface area contributed by atoms with Gasteiger partial charge in [-0.15, -0.1) is 0 Å². The lowest BCUT2D eigenvalue weighted by Crippen LogP contribution is -2.33. The standard InChI is InChI=1S/C22H42O6/c1-8-14(3)18(25)10-16(23)13-21(27)28-19(15(4)9-2)11-17(24)12-20(26)22(5,6)7/h14-19,23-25H,8-13H2,1-7H3/t14-,15-,16+,17?,18+,19+/m1/s1. The maximum absolute atomic E-state index is 12.3. The Morgan fingerprint density at radius 3 is 1.82 bits per heavy atom. The molecule has 6 nitrogen and oxygen atoms in total. The minimum Gasteiger partial charge on any atom is -0.462 e. The van der Waals surface area contributed by atoms with Crippen LogP contribution in [0, 0.1) is 17.3 Å². The molecule has 0 aromatic carbocycles. The molecule has 1 unspecified atom stereocenters. The van der Waals surface area contributed by atoms with Gasteiger partial charge in [0.2, 0.25) is 0 Å². The summed E-state index contributed by atoms with van der Waals surface area (Å²) in [6.45, 7) is 13.2. The number of ether oxygens (including phenoxy) is 1. The summed E-state index contributed by atoms with van der Waals surface area (Å²) < 4.78 is 5.53. The van der Waals surface area contributed by atoms with Crippen molar-refractivity contribution in [2.75, 3.05) is 0 Å². The first kappa shape index (κ1) is 27.0. The van der Waals surface area contributed by atoms with Gasteiger partial charge in [-0.1, -0.05) is 61.3 Å². The number of aliphatic hydroxyl groups is 3. The van der Waals surface area contributed by atoms with Crippen molar-refractivity contribution >= 4 is 11.8 Å². The second-order valence-electron chi connectivity index (χ2n) is 9.23. The van der Waals surface area contributed by atoms with E-state index in [0.29, 0.717) is 0 Å². The lowest BCUT2D eigenvalue weighted by Gasteiger charge is -2.27. The molecule has 6 heteroatoms. The third-order valence-corrected chi connectivity index (χ3v) is 5.54. The fourth-order valence-electron chi connectivity index (χ4n) is 2.81. The SMILES string of the molecule is CC[C@@H](C)[C@H](CC(O)CC(=O)C(C)(C)C)OC(=O)C[C@@H](O)C[C@H](O)[C@H](C)CC. The monoisotopic (exact) mass is 402 g/mol. The van der Waals surface area contributed by atoms with Crippen molar-refractivity contribution in [3.63, 3.8) is 0 Å². The number of Topliss-reactive ketones (excluding diaryl/α,β-unsaturated/α-hetero) is 1. The van der Waals surface area contributed by atoms with Crippen LogP contribution in [0.2, 0.25) is 0 Å². The van der Waals surface area contributed by atoms with Crippen LogP contribution in [0.4, 0.5) is 0 Å². The van der Waals surface area contributed by atoms with Crippen LogP contribution in [0.1, 0.15) is 87.0 Å². The summed E-state index contributed by atoms with van der Waals surface area (Å²) in [4.78, 5) is 24.4. The zero-order valence-corrected chi connectivity index (χ0v) is 18.8. The lowest BCUT2D eigenvalue weighted by atomic mass is 9.86. The van der Waals surface area contributed by atoms with Crippen molar-refractivity contribution < 1.29 is 29.6 Å². The Labute approximate surface area is 170 Å². The summed E-state index contributed by atoms with van der Waals surface area (Å²) >= 11 is 0. The van der Waals surface area contributed by atoms with Crippen LogP contribution in [0.3, 0.4) is 0 Å². The van der Waals surface area contributed by atoms with E-state index in [1.165, 1.54) is 0 Å². The van der Waals surface area contributed by atoms with Gasteiger partial charge in [-0.3, -0.25) is 9.59 Å². The first-order valence-corrected chi connectivity index (χ1v) is 10.6. The molecule has 0 spiro atoms. The number of ketones is 1. The Hall–Kier alpha value is -0.980. The van der Waals surface area contributed by atoms with Crippen LogP contribution in [-0.4, -0.2) is 51.5 Å². The molecule has 28 heavy (non-hydrogen) atoms. The van der Waals surface area contributed by atoms with Crippen molar-refractivity contribution in [1.29, 1.82) is 0 Å². The van der Waals surface area contributed by atoms with Gasteiger partial charge in [0, 0.05) is 24.7 Å². The van der Waals surface area contributed by atoms with Crippen LogP contribution in [0.25, 0.3) is 0 Å². The molecule has 166 valence electrons. The quantitative estimate of drug-likeness (QED) is 0.409. The van der Waals surface area contributed by atoms with Crippen LogP contribution in [0.15, 0.2) is 0 Å². The van der Waals surface area contributed by atoms with Gasteiger partial charge in [0.05, 0.1) is 24.7 Å². The molecular weight excluding hydrogens is 360 g/mol. The van der Waals surface area contributed by atoms with E-state index < -0.39 is 35.8 Å². The molecule has 0 aliphatic carbocycles. The molecule has 0 heterocycles. The Morgan fingerprint density at radius 2 is 1.36 bits per heavy atom. The third kappa shape index (κ3) is 10.5. The Morgan fingerprint density at radius 1 is 0.857 bits per heavy atom. The number of esters is 1. The van der Waals surface area contributed by atoms with Gasteiger partial charge in [-0.25, -0.2) is 0 Å². The van der Waals surface area contributed by atoms with Gasteiger partial charge in [-0.2, -0.15) is 0 Å². The fraction of sp³-hybridized carbons (Fsp3) is 0.909. The van der Waals surface area contributed by atoms with E-state index in [1.807, 2.05) is 48.5 Å². The zero-order chi connectivity index (χ0) is 22.1. The lowest BCUT2D eigenvalue weighted by molar-refractivity contribution is -0.156. The minimum absolute atomic E-state index is 0.0196. The van der Waals surface area contributed by atoms with E-state index in [0.717, 1.165) is 12.8 Å². The van der Waals surface area contributed by atoms with Gasteiger partial charge >= 0.3 is 5.97 Å². The number of hydrogen-bond donors (Lipinski definition) is 3. The molecule has 3 N–H and O–H groups in total. The Bertz CT molecular complexity index is 470. The highest BCUT2D eigenvalue weighted by molar-refractivity contribution is 5.84. The number of carbonyl (C=O) groups excluding carboxylic acids is 2. The fourth-order valence-corrected chi connectivity index (χ4v) is 2.81. The highest BCUT2D eigenvalue weighted by atomic mass is 16.5. The van der Waals surface area contributed by atoms with Gasteiger partial charge in [-0.05, 0) is 11.8 Å². The van der Waals surface area contributed by atoms with Crippen LogP contribution >= 0.6 is 0 Å². The summed E-state index contributed by atoms with van der Waals surface area (Å²) in [6.07, 6.45) is -1.34. The predicted octanol–water partition coefficient (Wildman–Crippen LogP) is 3.25. The average Bonchev–Trinajstić information content (AvgIpc) is 2.58. The third-order valence-electron chi connectivity index (χ3n) is 5.54. The van der Waals surface area contributed by atoms with Gasteiger partial charge < -0.3 is 20.1 Å². The average molecular weight is 403 g/mol. The van der Waals surface area contributed by atoms with Crippen molar-refractivity contribution in [3.8, 4) is 0 Å². The smallest absolute Gasteiger partial charge is 0.308 e. The predicted molar refractivity (Wildman–Crippen MR) is 110 cm³/mol. The topological polar surface area (TPSA) is 104 Å². The summed E-state index contributed by atoms with van der Waals surface area (Å²) in [6, 6.07) is 0. The summed E-state index contributed by atoms with van der Waals surface area (Å²) in [5.41, 5.74) is -0.524. The van der Waals surface area contributed by atoms with Crippen molar-refractivity contribution in [2.45, 2.75) is 111 Å². The molecule has 0 aliphatic rings. The normalized spacial score (nSPS) is 18.6. The first-order chi connectivity index (χ1) is 12.8. The van der Waals surface area contributed by atoms with Crippen molar-refractivity contribution in [2.24, 2.45) is 17.3 Å². The van der Waals surface area contributed by atoms with Crippen LogP contribution in [0.5, 0.6) is 0 Å². The molecule has 0 aliphatic heterocycles. The minimum atomic E-state index is -0.971. The number of carbonyl (C=O) groups is 2. The van der Waals surface area contributed by atoms with Crippen molar-refractivity contribution in [1.82, 2.24) is 0 Å². The number of aliphatic hydroxyl groups excluding tert-OH is 3. The maximum atomic E-state index is 12.3. The molecular formula is C22H42O6. The Balaban J connectivity index is 4.74. The molecule has 0 rings (SSSR count). The summed E-state index contributed by atoms with van der Waals surface area (Å²) in [5.74, 6) is -0.521. The highest BCUT2D eigenvalue weighted by Crippen LogP contribution is 2.23. The first-order valence-electron chi connectivity index (χ1n) is 10.6. The van der Waals surface area contributed by atoms with Crippen LogP contribution in [-0.2, 0) is 14.3 Å². The molecule has 0 aromatic rings. The van der Waals surface area contributed by atoms with E-state index >= 15 is 0 Å². The van der Waals surface area contributed by atoms with Gasteiger partial charge in [0.15, 0.2) is 0 Å². The largest absolute Gasteiger partial charge is 0.462 e. The molecule has 0 saturated carbocycles. The van der Waals surface area contributed by atoms with E-state index in [-0.39, 0.29) is 43.3 Å². The number of hydrogen-bond acceptors (Lipinski definition) is 6. The molecule has 0 bridgehead atoms. The van der Waals surface area contributed by atoms with Gasteiger partial charge in [0.25, 0.3) is 0 Å². The second-order valence-corrected chi connectivity index (χ2v) is 9.23. The van der Waals surface area contributed by atoms with E-state index in [9.17, 15) is 24.9 Å². The molecule has 0 fully saturated rings. The molecule has 0 aromatic heterocycles. The molecule has 0 amide bonds. The molecule has 6 atom stereocenters. The highest BCUT2D eigenvalue weighted by Gasteiger charge is 2.29. The van der Waals surface area contributed by atoms with E-state index in [1.54, 1.807) is 0 Å². The Kier molecular flexibility index (Phi) is 12.1.